The van der Waals surface area contributed by atoms with E-state index in [2.05, 4.69) is 10.4 Å². The van der Waals surface area contributed by atoms with Gasteiger partial charge in [0.25, 0.3) is 5.91 Å². The second kappa shape index (κ2) is 11.2. The van der Waals surface area contributed by atoms with E-state index in [1.54, 1.807) is 36.4 Å². The van der Waals surface area contributed by atoms with Crippen LogP contribution in [0.5, 0.6) is 11.5 Å². The minimum Gasteiger partial charge on any atom is -0.496 e. The first kappa shape index (κ1) is 25.2. The van der Waals surface area contributed by atoms with Gasteiger partial charge in [0.15, 0.2) is 5.69 Å². The molecule has 8 nitrogen and oxygen atoms in total. The third kappa shape index (κ3) is 5.19. The second-order valence-corrected chi connectivity index (χ2v) is 8.71. The van der Waals surface area contributed by atoms with Crippen LogP contribution in [-0.2, 0) is 9.53 Å². The molecule has 1 aromatic heterocycles. The summed E-state index contributed by atoms with van der Waals surface area (Å²) in [4.78, 5) is 26.0. The Kier molecular flexibility index (Phi) is 7.87. The van der Waals surface area contributed by atoms with E-state index in [4.69, 9.17) is 14.2 Å². The van der Waals surface area contributed by atoms with Crippen molar-refractivity contribution in [3.05, 3.63) is 60.0 Å². The number of methoxy groups -OCH3 is 3. The predicted octanol–water partition coefficient (Wildman–Crippen LogP) is 4.55. The average Bonchev–Trinajstić information content (AvgIpc) is 3.36. The molecule has 0 aliphatic heterocycles. The Labute approximate surface area is 209 Å². The summed E-state index contributed by atoms with van der Waals surface area (Å²) in [6.45, 7) is 0. The highest BCUT2D eigenvalue weighted by atomic mass is 19.1. The number of hydrogen-bond acceptors (Lipinski definition) is 6. The standard InChI is InChI=1S/C27H30FN3O5/c1-34-22-10-7-11-23(35-2)24(22)21-16-20(30-31(21)19-14-12-18(28)13-15-19)26(32)29-25(27(33)36-3)17-8-5-4-6-9-17/h7,10-17,25H,4-6,8-9H2,1-3H3,(H,29,32). The van der Waals surface area contributed by atoms with Crippen molar-refractivity contribution in [1.29, 1.82) is 0 Å². The normalized spacial score (nSPS) is 14.7. The number of hydrogen-bond donors (Lipinski definition) is 1. The lowest BCUT2D eigenvalue weighted by molar-refractivity contribution is -0.144. The van der Waals surface area contributed by atoms with Gasteiger partial charge in [0.2, 0.25) is 0 Å². The van der Waals surface area contributed by atoms with Crippen molar-refractivity contribution in [2.45, 2.75) is 38.1 Å². The molecule has 0 spiro atoms. The Morgan fingerprint density at radius 2 is 1.64 bits per heavy atom. The number of benzene rings is 2. The van der Waals surface area contributed by atoms with Gasteiger partial charge in [-0.05, 0) is 61.2 Å². The van der Waals surface area contributed by atoms with E-state index in [1.165, 1.54) is 38.1 Å². The first-order valence-electron chi connectivity index (χ1n) is 11.9. The average molecular weight is 496 g/mol. The SMILES string of the molecule is COC(=O)C(NC(=O)c1cc(-c2c(OC)cccc2OC)n(-c2ccc(F)cc2)n1)C1CCCCC1. The molecule has 9 heteroatoms. The maximum Gasteiger partial charge on any atom is 0.328 e. The Balaban J connectivity index is 1.78. The third-order valence-electron chi connectivity index (χ3n) is 6.56. The van der Waals surface area contributed by atoms with Crippen molar-refractivity contribution in [3.63, 3.8) is 0 Å². The number of ether oxygens (including phenoxy) is 3. The van der Waals surface area contributed by atoms with Crippen molar-refractivity contribution in [2.75, 3.05) is 21.3 Å². The minimum absolute atomic E-state index is 0.00289. The Morgan fingerprint density at radius 3 is 2.22 bits per heavy atom. The Hall–Kier alpha value is -3.88. The summed E-state index contributed by atoms with van der Waals surface area (Å²) < 4.78 is 31.3. The molecule has 2 aromatic carbocycles. The summed E-state index contributed by atoms with van der Waals surface area (Å²) in [7, 11) is 4.39. The quantitative estimate of drug-likeness (QED) is 0.461. The van der Waals surface area contributed by atoms with Gasteiger partial charge in [-0.2, -0.15) is 5.10 Å². The highest BCUT2D eigenvalue weighted by Gasteiger charge is 2.33. The molecule has 4 rings (SSSR count). The van der Waals surface area contributed by atoms with Crippen LogP contribution < -0.4 is 14.8 Å². The van der Waals surface area contributed by atoms with Gasteiger partial charge in [-0.1, -0.05) is 25.3 Å². The molecule has 0 saturated heterocycles. The first-order valence-corrected chi connectivity index (χ1v) is 11.9. The monoisotopic (exact) mass is 495 g/mol. The Morgan fingerprint density at radius 1 is 1.00 bits per heavy atom. The molecule has 1 unspecified atom stereocenters. The van der Waals surface area contributed by atoms with Crippen LogP contribution in [0.3, 0.4) is 0 Å². The number of nitrogens with zero attached hydrogens (tertiary/aromatic N) is 2. The van der Waals surface area contributed by atoms with E-state index in [-0.39, 0.29) is 11.6 Å². The fourth-order valence-electron chi connectivity index (χ4n) is 4.73. The van der Waals surface area contributed by atoms with E-state index in [1.807, 2.05) is 0 Å². The number of halogens is 1. The first-order chi connectivity index (χ1) is 17.5. The smallest absolute Gasteiger partial charge is 0.328 e. The van der Waals surface area contributed by atoms with Crippen molar-refractivity contribution in [3.8, 4) is 28.4 Å². The van der Waals surface area contributed by atoms with Gasteiger partial charge in [0.1, 0.15) is 23.4 Å². The molecule has 1 N–H and O–H groups in total. The number of rotatable bonds is 8. The summed E-state index contributed by atoms with van der Waals surface area (Å²) >= 11 is 0. The van der Waals surface area contributed by atoms with E-state index in [0.29, 0.717) is 28.4 Å². The van der Waals surface area contributed by atoms with Crippen LogP contribution in [0.1, 0.15) is 42.6 Å². The topological polar surface area (TPSA) is 91.7 Å². The largest absolute Gasteiger partial charge is 0.496 e. The minimum atomic E-state index is -0.761. The van der Waals surface area contributed by atoms with E-state index >= 15 is 0 Å². The molecule has 3 aromatic rings. The number of nitrogens with one attached hydrogen (secondary N) is 1. The van der Waals surface area contributed by atoms with Gasteiger partial charge in [-0.3, -0.25) is 4.79 Å². The lowest BCUT2D eigenvalue weighted by atomic mass is 9.84. The summed E-state index contributed by atoms with van der Waals surface area (Å²) in [5.74, 6) is -0.345. The molecule has 0 radical (unpaired) electrons. The molecule has 1 amide bonds. The third-order valence-corrected chi connectivity index (χ3v) is 6.56. The molecular formula is C27H30FN3O5. The molecule has 1 saturated carbocycles. The number of carbonyl (C=O) groups excluding carboxylic acids is 2. The fraction of sp³-hybridized carbons (Fsp3) is 0.370. The lowest BCUT2D eigenvalue weighted by Gasteiger charge is -2.28. The summed E-state index contributed by atoms with van der Waals surface area (Å²) in [5, 5.41) is 7.39. The van der Waals surface area contributed by atoms with E-state index in [9.17, 15) is 14.0 Å². The predicted molar refractivity (Wildman–Crippen MR) is 132 cm³/mol. The molecule has 1 aliphatic carbocycles. The second-order valence-electron chi connectivity index (χ2n) is 8.71. The number of amides is 1. The van der Waals surface area contributed by atoms with Crippen LogP contribution in [-0.4, -0.2) is 49.0 Å². The number of esters is 1. The van der Waals surface area contributed by atoms with Crippen LogP contribution in [0.25, 0.3) is 16.9 Å². The summed E-state index contributed by atoms with van der Waals surface area (Å²) in [6.07, 6.45) is 4.81. The van der Waals surface area contributed by atoms with E-state index < -0.39 is 23.7 Å². The van der Waals surface area contributed by atoms with Crippen LogP contribution in [0.15, 0.2) is 48.5 Å². The van der Waals surface area contributed by atoms with Gasteiger partial charge in [-0.15, -0.1) is 0 Å². The van der Waals surface area contributed by atoms with Gasteiger partial charge < -0.3 is 19.5 Å². The van der Waals surface area contributed by atoms with Crippen LogP contribution in [0, 0.1) is 11.7 Å². The molecule has 36 heavy (non-hydrogen) atoms. The summed E-state index contributed by atoms with van der Waals surface area (Å²) in [6, 6.07) is 11.9. The fourth-order valence-corrected chi connectivity index (χ4v) is 4.73. The van der Waals surface area contributed by atoms with Gasteiger partial charge in [0, 0.05) is 0 Å². The molecule has 1 atom stereocenters. The zero-order valence-corrected chi connectivity index (χ0v) is 20.6. The lowest BCUT2D eigenvalue weighted by Crippen LogP contribution is -2.47. The van der Waals surface area contributed by atoms with Gasteiger partial charge in [-0.25, -0.2) is 13.9 Å². The zero-order valence-electron chi connectivity index (χ0n) is 20.6. The van der Waals surface area contributed by atoms with Crippen LogP contribution in [0.4, 0.5) is 4.39 Å². The van der Waals surface area contributed by atoms with Crippen molar-refractivity contribution in [1.82, 2.24) is 15.1 Å². The van der Waals surface area contributed by atoms with Crippen molar-refractivity contribution in [2.24, 2.45) is 5.92 Å². The summed E-state index contributed by atoms with van der Waals surface area (Å²) in [5.41, 5.74) is 1.71. The molecule has 190 valence electrons. The molecule has 1 heterocycles. The van der Waals surface area contributed by atoms with E-state index in [0.717, 1.165) is 32.1 Å². The van der Waals surface area contributed by atoms with Crippen LogP contribution >= 0.6 is 0 Å². The van der Waals surface area contributed by atoms with Gasteiger partial charge >= 0.3 is 5.97 Å². The molecule has 1 aliphatic rings. The van der Waals surface area contributed by atoms with Crippen molar-refractivity contribution < 1.29 is 28.2 Å². The maximum atomic E-state index is 13.6. The number of carbonyl (C=O) groups is 2. The highest BCUT2D eigenvalue weighted by Crippen LogP contribution is 2.39. The Bertz CT molecular complexity index is 1200. The highest BCUT2D eigenvalue weighted by molar-refractivity contribution is 5.96. The van der Waals surface area contributed by atoms with Gasteiger partial charge in [0.05, 0.1) is 38.3 Å². The maximum absolute atomic E-state index is 13.6. The molecule has 1 fully saturated rings. The van der Waals surface area contributed by atoms with Crippen molar-refractivity contribution >= 4 is 11.9 Å². The zero-order chi connectivity index (χ0) is 25.7. The molecular weight excluding hydrogens is 465 g/mol. The number of aromatic nitrogens is 2. The van der Waals surface area contributed by atoms with Crippen LogP contribution in [0.2, 0.25) is 0 Å². The molecule has 0 bridgehead atoms.